The van der Waals surface area contributed by atoms with Gasteiger partial charge < -0.3 is 39.0 Å². The van der Waals surface area contributed by atoms with Crippen molar-refractivity contribution in [2.24, 2.45) is 19.1 Å². The lowest BCUT2D eigenvalue weighted by Gasteiger charge is -2.27. The zero-order valence-electron chi connectivity index (χ0n) is 37.3. The van der Waals surface area contributed by atoms with Gasteiger partial charge in [0.2, 0.25) is 0 Å². The van der Waals surface area contributed by atoms with E-state index in [1.54, 1.807) is 60.5 Å². The van der Waals surface area contributed by atoms with Crippen molar-refractivity contribution < 1.29 is 18.9 Å². The highest BCUT2D eigenvalue weighted by molar-refractivity contribution is 6.41. The number of hydrogen-bond donors (Lipinski definition) is 2. The smallest absolute Gasteiger partial charge is 0.180 e. The van der Waals surface area contributed by atoms with Crippen LogP contribution < -0.4 is 40.0 Å². The van der Waals surface area contributed by atoms with Gasteiger partial charge >= 0.3 is 0 Å². The van der Waals surface area contributed by atoms with E-state index in [2.05, 4.69) is 30.8 Å². The summed E-state index contributed by atoms with van der Waals surface area (Å²) in [6.07, 6.45) is 10.7. The molecule has 66 heavy (non-hydrogen) atoms. The van der Waals surface area contributed by atoms with Gasteiger partial charge in [-0.05, 0) is 38.4 Å². The van der Waals surface area contributed by atoms with Crippen LogP contribution in [0.2, 0.25) is 20.1 Å². The highest BCUT2D eigenvalue weighted by atomic mass is 35.5. The van der Waals surface area contributed by atoms with Gasteiger partial charge in [0.05, 0.1) is 70.3 Å². The van der Waals surface area contributed by atoms with Crippen LogP contribution in [0.5, 0.6) is 23.0 Å². The Morgan fingerprint density at radius 1 is 0.636 bits per heavy atom. The van der Waals surface area contributed by atoms with Crippen LogP contribution in [-0.4, -0.2) is 111 Å². The molecule has 0 unspecified atom stereocenters. The fourth-order valence-electron chi connectivity index (χ4n) is 6.78. The fourth-order valence-corrected chi connectivity index (χ4v) is 8.07. The molecule has 8 aromatic rings. The van der Waals surface area contributed by atoms with Crippen molar-refractivity contribution >= 4 is 85.9 Å². The molecule has 344 valence electrons. The maximum Gasteiger partial charge on any atom is 0.180 e. The molecule has 0 fully saturated rings. The van der Waals surface area contributed by atoms with Crippen molar-refractivity contribution in [2.75, 3.05) is 67.1 Å². The Kier molecular flexibility index (Phi) is 15.4. The normalized spacial score (nSPS) is 11.5. The number of methoxy groups -OCH3 is 4. The molecule has 0 bridgehead atoms. The van der Waals surface area contributed by atoms with Crippen LogP contribution in [0.25, 0.3) is 44.8 Å². The zero-order valence-corrected chi connectivity index (χ0v) is 40.3. The van der Waals surface area contributed by atoms with E-state index in [4.69, 9.17) is 85.3 Å². The molecule has 0 saturated heterocycles. The number of aryl methyl sites for hydroxylation is 2. The average molecular weight is 977 g/mol. The van der Waals surface area contributed by atoms with Crippen molar-refractivity contribution in [3.63, 3.8) is 0 Å². The van der Waals surface area contributed by atoms with E-state index < -0.39 is 0 Å². The number of benzene rings is 2. The number of rotatable bonds is 15. The Morgan fingerprint density at radius 3 is 1.70 bits per heavy atom. The summed E-state index contributed by atoms with van der Waals surface area (Å²) in [6, 6.07) is 10.7. The first-order chi connectivity index (χ1) is 31.9. The number of likely N-dealkylation sites (N-methyl/N-ethyl adjacent to an activating group) is 2. The molecular weight excluding hydrogens is 930 g/mol. The van der Waals surface area contributed by atoms with Gasteiger partial charge in [0, 0.05) is 75.9 Å². The Labute approximate surface area is 400 Å². The second-order valence-corrected chi connectivity index (χ2v) is 15.9. The highest BCUT2D eigenvalue weighted by Crippen LogP contribution is 2.48. The minimum Gasteiger partial charge on any atom is -0.495 e. The predicted molar refractivity (Wildman–Crippen MR) is 258 cm³/mol. The minimum atomic E-state index is 0.291. The van der Waals surface area contributed by atoms with Gasteiger partial charge in [-0.3, -0.25) is 19.3 Å². The van der Waals surface area contributed by atoms with Crippen LogP contribution in [-0.2, 0) is 20.6 Å². The standard InChI is InChI=1S/2C22H23Cl2N7O2/c1-25-7-8-31(21-19(23)16(32-3)9-17(33-4)20(21)24)18-6-5-14-22(29-18)28-15(11-26-14)13-10-27-30(2)12-13;1-25-7-8-31-18(29-21-19(23)16(32-3)9-17(33-4)20(21)24)6-5-14-22(31)28-15(11-26-14)13-10-27-30(2)12-13/h2*5-6,9-12,25H,7-8H2,1-4H3. The molecule has 0 aliphatic rings. The predicted octanol–water partition coefficient (Wildman–Crippen LogP) is 7.71. The molecule has 0 aliphatic carbocycles. The summed E-state index contributed by atoms with van der Waals surface area (Å²) in [5, 5.41) is 16.0. The number of pyridine rings is 2. The Morgan fingerprint density at radius 2 is 1.17 bits per heavy atom. The first-order valence-corrected chi connectivity index (χ1v) is 21.7. The number of ether oxygens (including phenoxy) is 4. The lowest BCUT2D eigenvalue weighted by molar-refractivity contribution is 0.394. The summed E-state index contributed by atoms with van der Waals surface area (Å²) in [4.78, 5) is 30.2. The summed E-state index contributed by atoms with van der Waals surface area (Å²) in [7, 11) is 13.6. The van der Waals surface area contributed by atoms with Gasteiger partial charge in [-0.2, -0.15) is 10.2 Å². The summed E-state index contributed by atoms with van der Waals surface area (Å²) >= 11 is 26.5. The SMILES string of the molecule is CNCCN(c1ccc2ncc(-c3cnn(C)c3)nc2n1)c1c(Cl)c(OC)cc(OC)c1Cl.CNCCn1c(=Nc2c(Cl)c(OC)cc(OC)c2Cl)ccc2ncc(-c3cnn(C)c3)nc21. The first-order valence-electron chi connectivity index (χ1n) is 20.2. The number of nitrogens with zero attached hydrogens (tertiary/aromatic N) is 12. The fraction of sp³-hybridized carbons (Fsp3) is 0.273. The van der Waals surface area contributed by atoms with Crippen LogP contribution in [0, 0.1) is 0 Å². The zero-order chi connectivity index (χ0) is 47.1. The monoisotopic (exact) mass is 974 g/mol. The van der Waals surface area contributed by atoms with E-state index in [0.717, 1.165) is 16.6 Å². The third-order valence-electron chi connectivity index (χ3n) is 10.1. The van der Waals surface area contributed by atoms with Crippen LogP contribution in [0.15, 0.2) is 78.6 Å². The lowest BCUT2D eigenvalue weighted by atomic mass is 10.2. The maximum atomic E-state index is 6.70. The Balaban J connectivity index is 0.000000196. The van der Waals surface area contributed by atoms with Crippen LogP contribution in [0.4, 0.5) is 17.2 Å². The van der Waals surface area contributed by atoms with Crippen LogP contribution in [0.3, 0.4) is 0 Å². The molecule has 0 radical (unpaired) electrons. The van der Waals surface area contributed by atoms with Crippen molar-refractivity contribution in [3.05, 3.63) is 99.2 Å². The highest BCUT2D eigenvalue weighted by Gasteiger charge is 2.25. The van der Waals surface area contributed by atoms with E-state index in [9.17, 15) is 0 Å². The molecule has 22 heteroatoms. The molecule has 0 aliphatic heterocycles. The van der Waals surface area contributed by atoms with Gasteiger partial charge in [-0.15, -0.1) is 0 Å². The van der Waals surface area contributed by atoms with Crippen molar-refractivity contribution in [1.29, 1.82) is 0 Å². The number of aromatic nitrogens is 10. The number of hydrogen-bond acceptors (Lipinski definition) is 15. The molecular formula is C44H46Cl4N14O4. The second kappa shape index (κ2) is 21.4. The van der Waals surface area contributed by atoms with E-state index in [1.807, 2.05) is 74.3 Å². The molecule has 0 spiro atoms. The van der Waals surface area contributed by atoms with Gasteiger partial charge in [0.1, 0.15) is 71.1 Å². The van der Waals surface area contributed by atoms with E-state index in [0.29, 0.717) is 120 Å². The molecule has 0 atom stereocenters. The number of fused-ring (bicyclic) bond motifs is 2. The number of nitrogens with one attached hydrogen (secondary N) is 2. The molecule has 6 heterocycles. The topological polar surface area (TPSA) is 182 Å². The first kappa shape index (κ1) is 47.7. The molecule has 2 aromatic carbocycles. The summed E-state index contributed by atoms with van der Waals surface area (Å²) in [5.74, 6) is 2.33. The van der Waals surface area contributed by atoms with Crippen molar-refractivity contribution in [2.45, 2.75) is 6.54 Å². The van der Waals surface area contributed by atoms with Gasteiger partial charge in [0.25, 0.3) is 0 Å². The summed E-state index contributed by atoms with van der Waals surface area (Å²) in [5.41, 5.74) is 7.18. The van der Waals surface area contributed by atoms with E-state index in [1.165, 1.54) is 14.2 Å². The van der Waals surface area contributed by atoms with Gasteiger partial charge in [-0.25, -0.2) is 19.9 Å². The lowest BCUT2D eigenvalue weighted by Crippen LogP contribution is -2.28. The largest absolute Gasteiger partial charge is 0.495 e. The quantitative estimate of drug-likeness (QED) is 0.102. The molecule has 0 amide bonds. The Bertz CT molecular complexity index is 3030. The third-order valence-corrected chi connectivity index (χ3v) is 11.6. The minimum absolute atomic E-state index is 0.291. The van der Waals surface area contributed by atoms with Crippen molar-refractivity contribution in [1.82, 2.24) is 59.7 Å². The second-order valence-electron chi connectivity index (χ2n) is 14.4. The van der Waals surface area contributed by atoms with E-state index >= 15 is 0 Å². The van der Waals surface area contributed by atoms with Crippen LogP contribution >= 0.6 is 46.4 Å². The summed E-state index contributed by atoms with van der Waals surface area (Å²) in [6.45, 7) is 2.45. The van der Waals surface area contributed by atoms with E-state index in [-0.39, 0.29) is 0 Å². The van der Waals surface area contributed by atoms with Crippen molar-refractivity contribution in [3.8, 4) is 45.5 Å². The summed E-state index contributed by atoms with van der Waals surface area (Å²) < 4.78 is 27.1. The maximum absolute atomic E-state index is 6.70. The molecule has 8 rings (SSSR count). The molecule has 0 saturated carbocycles. The van der Waals surface area contributed by atoms with Crippen LogP contribution in [0.1, 0.15) is 0 Å². The molecule has 2 N–H and O–H groups in total. The third kappa shape index (κ3) is 10.1. The molecule has 6 aromatic heterocycles. The number of halogens is 4. The molecule has 18 nitrogen and oxygen atoms in total. The van der Waals surface area contributed by atoms with Gasteiger partial charge in [-0.1, -0.05) is 46.4 Å². The number of anilines is 2. The average Bonchev–Trinajstić information content (AvgIpc) is 3.98. The van der Waals surface area contributed by atoms with Gasteiger partial charge in [0.15, 0.2) is 11.3 Å². The Hall–Kier alpha value is -6.28.